The summed E-state index contributed by atoms with van der Waals surface area (Å²) in [5, 5.41) is 2.49. The van der Waals surface area contributed by atoms with Crippen LogP contribution in [0.4, 0.5) is 0 Å². The number of aromatic nitrogens is 5. The SMILES string of the molecule is Cn1c(=O)n(C)c2cc(-c3cccc(-c4nc(-c5ccccc5)nc(-c5ccccc5-c5cccc6sc7ccccc7c56)n4)c3)ccc21. The molecule has 0 amide bonds. The summed E-state index contributed by atoms with van der Waals surface area (Å²) >= 11 is 1.81. The molecule has 9 aromatic rings. The Balaban J connectivity index is 1.23. The molecular formula is C42H29N5OS. The normalized spacial score (nSPS) is 11.6. The minimum Gasteiger partial charge on any atom is -0.295 e. The fraction of sp³-hybridized carbons (Fsp3) is 0.0476. The van der Waals surface area contributed by atoms with Crippen molar-refractivity contribution in [2.24, 2.45) is 14.1 Å². The molecule has 3 heterocycles. The van der Waals surface area contributed by atoms with Gasteiger partial charge >= 0.3 is 5.69 Å². The predicted octanol–water partition coefficient (Wildman–Crippen LogP) is 9.76. The van der Waals surface area contributed by atoms with Crippen LogP contribution in [-0.2, 0) is 14.1 Å². The zero-order valence-electron chi connectivity index (χ0n) is 26.8. The van der Waals surface area contributed by atoms with Gasteiger partial charge in [0.2, 0.25) is 0 Å². The quantitative estimate of drug-likeness (QED) is 0.186. The third-order valence-corrected chi connectivity index (χ3v) is 10.4. The van der Waals surface area contributed by atoms with E-state index in [2.05, 4.69) is 84.9 Å². The highest BCUT2D eigenvalue weighted by molar-refractivity contribution is 7.25. The summed E-state index contributed by atoms with van der Waals surface area (Å²) in [6.07, 6.45) is 0. The first-order chi connectivity index (χ1) is 24.0. The lowest BCUT2D eigenvalue weighted by molar-refractivity contribution is 0.795. The van der Waals surface area contributed by atoms with Gasteiger partial charge in [-0.2, -0.15) is 0 Å². The number of hydrogen-bond donors (Lipinski definition) is 0. The first-order valence-electron chi connectivity index (χ1n) is 16.1. The van der Waals surface area contributed by atoms with Gasteiger partial charge in [0.1, 0.15) is 0 Å². The van der Waals surface area contributed by atoms with Gasteiger partial charge in [0.05, 0.1) is 11.0 Å². The fourth-order valence-corrected chi connectivity index (χ4v) is 7.91. The predicted molar refractivity (Wildman–Crippen MR) is 202 cm³/mol. The van der Waals surface area contributed by atoms with Crippen molar-refractivity contribution in [3.8, 4) is 56.4 Å². The van der Waals surface area contributed by atoms with Gasteiger partial charge in [-0.1, -0.05) is 109 Å². The van der Waals surface area contributed by atoms with E-state index in [0.717, 1.165) is 50.0 Å². The number of nitrogens with zero attached hydrogens (tertiary/aromatic N) is 5. The molecule has 3 aromatic heterocycles. The van der Waals surface area contributed by atoms with Crippen LogP contribution in [0.25, 0.3) is 87.6 Å². The minimum absolute atomic E-state index is 0.0456. The molecule has 0 atom stereocenters. The second kappa shape index (κ2) is 11.5. The lowest BCUT2D eigenvalue weighted by atomic mass is 9.95. The topological polar surface area (TPSA) is 65.6 Å². The Bertz CT molecular complexity index is 2780. The summed E-state index contributed by atoms with van der Waals surface area (Å²) < 4.78 is 5.88. The molecule has 0 spiro atoms. The number of fused-ring (bicyclic) bond motifs is 4. The third-order valence-electron chi connectivity index (χ3n) is 9.25. The summed E-state index contributed by atoms with van der Waals surface area (Å²) in [5.74, 6) is 1.82. The first-order valence-corrected chi connectivity index (χ1v) is 16.9. The van der Waals surface area contributed by atoms with Crippen molar-refractivity contribution in [3.05, 3.63) is 150 Å². The zero-order chi connectivity index (χ0) is 33.1. The van der Waals surface area contributed by atoms with Crippen LogP contribution in [0.15, 0.2) is 144 Å². The van der Waals surface area contributed by atoms with Crippen LogP contribution in [-0.4, -0.2) is 24.1 Å². The molecule has 49 heavy (non-hydrogen) atoms. The van der Waals surface area contributed by atoms with Crippen LogP contribution in [0.2, 0.25) is 0 Å². The molecule has 234 valence electrons. The van der Waals surface area contributed by atoms with Crippen LogP contribution in [0.5, 0.6) is 0 Å². The largest absolute Gasteiger partial charge is 0.328 e. The highest BCUT2D eigenvalue weighted by Crippen LogP contribution is 2.42. The van der Waals surface area contributed by atoms with Gasteiger partial charge in [-0.3, -0.25) is 9.13 Å². The van der Waals surface area contributed by atoms with Crippen molar-refractivity contribution in [1.29, 1.82) is 0 Å². The molecule has 6 nitrogen and oxygen atoms in total. The van der Waals surface area contributed by atoms with Crippen molar-refractivity contribution in [2.75, 3.05) is 0 Å². The minimum atomic E-state index is -0.0456. The van der Waals surface area contributed by atoms with E-state index in [4.69, 9.17) is 15.0 Å². The average molecular weight is 652 g/mol. The Morgan fingerprint density at radius 2 is 1.06 bits per heavy atom. The first kappa shape index (κ1) is 29.0. The zero-order valence-corrected chi connectivity index (χ0v) is 27.6. The van der Waals surface area contributed by atoms with E-state index in [0.29, 0.717) is 17.5 Å². The summed E-state index contributed by atoms with van der Waals surface area (Å²) in [4.78, 5) is 27.9. The van der Waals surface area contributed by atoms with Crippen molar-refractivity contribution in [1.82, 2.24) is 24.1 Å². The van der Waals surface area contributed by atoms with E-state index in [9.17, 15) is 4.79 Å². The maximum Gasteiger partial charge on any atom is 0.328 e. The lowest BCUT2D eigenvalue weighted by Crippen LogP contribution is -2.19. The summed E-state index contributed by atoms with van der Waals surface area (Å²) in [6, 6.07) is 48.0. The fourth-order valence-electron chi connectivity index (χ4n) is 6.78. The molecule has 0 saturated heterocycles. The maximum atomic E-state index is 12.6. The molecule has 0 saturated carbocycles. The molecule has 6 aromatic carbocycles. The molecule has 9 rings (SSSR count). The molecule has 0 aliphatic rings. The van der Waals surface area contributed by atoms with Gasteiger partial charge in [0.15, 0.2) is 17.5 Å². The number of rotatable bonds is 5. The van der Waals surface area contributed by atoms with Crippen LogP contribution < -0.4 is 5.69 Å². The molecule has 0 unspecified atom stereocenters. The summed E-state index contributed by atoms with van der Waals surface area (Å²) in [7, 11) is 3.61. The van der Waals surface area contributed by atoms with Crippen molar-refractivity contribution >= 4 is 42.5 Å². The van der Waals surface area contributed by atoms with Gasteiger partial charge < -0.3 is 0 Å². The molecule has 0 N–H and O–H groups in total. The smallest absolute Gasteiger partial charge is 0.295 e. The van der Waals surface area contributed by atoms with E-state index < -0.39 is 0 Å². The molecule has 0 bridgehead atoms. The molecule has 7 heteroatoms. The van der Waals surface area contributed by atoms with Crippen LogP contribution >= 0.6 is 11.3 Å². The highest BCUT2D eigenvalue weighted by Gasteiger charge is 2.19. The molecule has 0 aliphatic carbocycles. The standard InChI is InChI=1S/C42H29N5OS/c1-46-34-23-22-28(25-35(34)47(2)42(46)48)27-14-10-15-29(24-27)40-43-39(26-12-4-3-5-13-26)44-41(45-40)32-17-7-6-16-30(32)31-19-11-21-37-38(31)33-18-8-9-20-36(33)49-37/h3-25H,1-2H3. The van der Waals surface area contributed by atoms with E-state index in [1.165, 1.54) is 20.2 Å². The number of hydrogen-bond acceptors (Lipinski definition) is 5. The van der Waals surface area contributed by atoms with Crippen LogP contribution in [0.1, 0.15) is 0 Å². The van der Waals surface area contributed by atoms with E-state index in [1.54, 1.807) is 16.2 Å². The van der Waals surface area contributed by atoms with Crippen molar-refractivity contribution in [2.45, 2.75) is 0 Å². The van der Waals surface area contributed by atoms with Gasteiger partial charge in [-0.05, 0) is 52.6 Å². The monoisotopic (exact) mass is 651 g/mol. The third kappa shape index (κ3) is 4.86. The number of thiophene rings is 1. The Kier molecular flexibility index (Phi) is 6.81. The van der Waals surface area contributed by atoms with E-state index in [-0.39, 0.29) is 5.69 Å². The molecule has 0 fully saturated rings. The molecule has 0 aliphatic heterocycles. The Morgan fingerprint density at radius 1 is 0.469 bits per heavy atom. The van der Waals surface area contributed by atoms with Gasteiger partial charge in [0.25, 0.3) is 0 Å². The molecular weight excluding hydrogens is 623 g/mol. The van der Waals surface area contributed by atoms with E-state index >= 15 is 0 Å². The van der Waals surface area contributed by atoms with Gasteiger partial charge in [-0.25, -0.2) is 19.7 Å². The Labute approximate surface area is 286 Å². The average Bonchev–Trinajstić information content (AvgIpc) is 3.65. The van der Waals surface area contributed by atoms with Gasteiger partial charge in [-0.15, -0.1) is 11.3 Å². The number of aryl methyl sites for hydroxylation is 2. The van der Waals surface area contributed by atoms with Gasteiger partial charge in [0, 0.05) is 51.0 Å². The summed E-state index contributed by atoms with van der Waals surface area (Å²) in [6.45, 7) is 0. The Hall–Kier alpha value is -6.18. The second-order valence-corrected chi connectivity index (χ2v) is 13.3. The second-order valence-electron chi connectivity index (χ2n) is 12.2. The van der Waals surface area contributed by atoms with Crippen LogP contribution in [0, 0.1) is 0 Å². The van der Waals surface area contributed by atoms with Crippen molar-refractivity contribution < 1.29 is 0 Å². The number of benzene rings is 6. The molecule has 0 radical (unpaired) electrons. The lowest BCUT2D eigenvalue weighted by Gasteiger charge is -2.13. The maximum absolute atomic E-state index is 12.6. The van der Waals surface area contributed by atoms with Crippen molar-refractivity contribution in [3.63, 3.8) is 0 Å². The summed E-state index contributed by atoms with van der Waals surface area (Å²) in [5.41, 5.74) is 8.72. The van der Waals surface area contributed by atoms with Crippen LogP contribution in [0.3, 0.4) is 0 Å². The highest BCUT2D eigenvalue weighted by atomic mass is 32.1. The number of imidazole rings is 1. The Morgan fingerprint density at radius 3 is 1.92 bits per heavy atom. The van der Waals surface area contributed by atoms with E-state index in [1.807, 2.05) is 73.0 Å².